The molecule has 23 heavy (non-hydrogen) atoms. The van der Waals surface area contributed by atoms with E-state index in [4.69, 9.17) is 10.5 Å². The zero-order chi connectivity index (χ0) is 16.7. The SMILES string of the molecule is Cc1cnc(NC(=O)c2ccc(NN=C(C#N)C#N)cn2)cn1. The van der Waals surface area contributed by atoms with E-state index in [1.54, 1.807) is 25.1 Å². The molecular formula is C14H10N8O. The molecule has 9 nitrogen and oxygen atoms in total. The molecule has 0 aliphatic rings. The second-order valence-corrected chi connectivity index (χ2v) is 4.23. The first kappa shape index (κ1) is 15.5. The van der Waals surface area contributed by atoms with Gasteiger partial charge in [0.15, 0.2) is 5.82 Å². The van der Waals surface area contributed by atoms with Crippen molar-refractivity contribution >= 4 is 23.1 Å². The molecule has 0 aromatic carbocycles. The lowest BCUT2D eigenvalue weighted by Crippen LogP contribution is -2.14. The lowest BCUT2D eigenvalue weighted by atomic mass is 10.3. The maximum Gasteiger partial charge on any atom is 0.275 e. The molecule has 0 saturated carbocycles. The molecule has 2 heterocycles. The Labute approximate surface area is 131 Å². The Hall–Kier alpha value is -3.85. The van der Waals surface area contributed by atoms with Gasteiger partial charge in [-0.2, -0.15) is 15.6 Å². The van der Waals surface area contributed by atoms with E-state index in [1.807, 2.05) is 0 Å². The van der Waals surface area contributed by atoms with Gasteiger partial charge in [0.05, 0.1) is 30.0 Å². The van der Waals surface area contributed by atoms with Crippen LogP contribution in [0.2, 0.25) is 0 Å². The summed E-state index contributed by atoms with van der Waals surface area (Å²) in [5.41, 5.74) is 3.52. The zero-order valence-electron chi connectivity index (χ0n) is 12.0. The molecule has 0 spiro atoms. The highest BCUT2D eigenvalue weighted by atomic mass is 16.1. The number of carbonyl (C=O) groups is 1. The van der Waals surface area contributed by atoms with Crippen LogP contribution in [0.3, 0.4) is 0 Å². The second kappa shape index (κ2) is 7.24. The van der Waals surface area contributed by atoms with Crippen LogP contribution in [0, 0.1) is 29.6 Å². The van der Waals surface area contributed by atoms with Gasteiger partial charge in [0.25, 0.3) is 5.91 Å². The van der Waals surface area contributed by atoms with Crippen molar-refractivity contribution < 1.29 is 4.79 Å². The van der Waals surface area contributed by atoms with Crippen LogP contribution < -0.4 is 10.7 Å². The Kier molecular flexibility index (Phi) is 4.89. The zero-order valence-corrected chi connectivity index (χ0v) is 12.0. The van der Waals surface area contributed by atoms with Crippen molar-refractivity contribution in [2.24, 2.45) is 5.10 Å². The van der Waals surface area contributed by atoms with Gasteiger partial charge in [-0.3, -0.25) is 15.2 Å². The van der Waals surface area contributed by atoms with Gasteiger partial charge in [-0.25, -0.2) is 9.97 Å². The fourth-order valence-electron chi connectivity index (χ4n) is 1.43. The Morgan fingerprint density at radius 1 is 1.13 bits per heavy atom. The van der Waals surface area contributed by atoms with Crippen LogP contribution in [0.1, 0.15) is 16.2 Å². The molecule has 0 saturated heterocycles. The van der Waals surface area contributed by atoms with Crippen LogP contribution in [0.15, 0.2) is 35.8 Å². The molecule has 2 aromatic heterocycles. The van der Waals surface area contributed by atoms with Crippen molar-refractivity contribution in [3.8, 4) is 12.1 Å². The molecule has 0 atom stereocenters. The molecule has 0 bridgehead atoms. The first-order chi connectivity index (χ1) is 11.1. The third kappa shape index (κ3) is 4.31. The minimum absolute atomic E-state index is 0.169. The molecule has 2 aromatic rings. The molecule has 112 valence electrons. The van der Waals surface area contributed by atoms with Crippen molar-refractivity contribution in [3.05, 3.63) is 42.1 Å². The predicted molar refractivity (Wildman–Crippen MR) is 81.2 cm³/mol. The van der Waals surface area contributed by atoms with Crippen LogP contribution >= 0.6 is 0 Å². The summed E-state index contributed by atoms with van der Waals surface area (Å²) in [6.07, 6.45) is 4.34. The van der Waals surface area contributed by atoms with E-state index in [9.17, 15) is 4.79 Å². The highest BCUT2D eigenvalue weighted by Gasteiger charge is 2.08. The van der Waals surface area contributed by atoms with Gasteiger partial charge < -0.3 is 5.32 Å². The number of rotatable bonds is 4. The molecule has 0 unspecified atom stereocenters. The number of nitrogens with zero attached hydrogens (tertiary/aromatic N) is 6. The van der Waals surface area contributed by atoms with Gasteiger partial charge >= 0.3 is 0 Å². The third-order valence-electron chi connectivity index (χ3n) is 2.53. The Balaban J connectivity index is 2.03. The summed E-state index contributed by atoms with van der Waals surface area (Å²) >= 11 is 0. The molecule has 2 N–H and O–H groups in total. The van der Waals surface area contributed by atoms with Gasteiger partial charge in [0, 0.05) is 0 Å². The first-order valence-electron chi connectivity index (χ1n) is 6.32. The van der Waals surface area contributed by atoms with Crippen LogP contribution in [-0.4, -0.2) is 26.6 Å². The fraction of sp³-hybridized carbons (Fsp3) is 0.0714. The standard InChI is InChI=1S/C14H10N8O/c1-9-6-19-13(8-17-9)20-14(23)12-3-2-10(7-18-12)21-22-11(4-15)5-16/h2-3,6-8,21H,1H3,(H,19,20,23). The molecule has 1 amide bonds. The molecule has 0 aliphatic carbocycles. The monoisotopic (exact) mass is 306 g/mol. The Morgan fingerprint density at radius 2 is 1.91 bits per heavy atom. The third-order valence-corrected chi connectivity index (χ3v) is 2.53. The summed E-state index contributed by atoms with van der Waals surface area (Å²) in [4.78, 5) is 24.0. The highest BCUT2D eigenvalue weighted by Crippen LogP contribution is 2.08. The number of amides is 1. The summed E-state index contributed by atoms with van der Waals surface area (Å²) in [5.74, 6) is -0.116. The van der Waals surface area contributed by atoms with Crippen LogP contribution in [0.25, 0.3) is 0 Å². The topological polar surface area (TPSA) is 140 Å². The van der Waals surface area contributed by atoms with E-state index in [2.05, 4.69) is 30.8 Å². The van der Waals surface area contributed by atoms with Gasteiger partial charge in [-0.15, -0.1) is 0 Å². The summed E-state index contributed by atoms with van der Waals surface area (Å²) in [7, 11) is 0. The number of nitriles is 2. The van der Waals surface area contributed by atoms with Crippen molar-refractivity contribution in [3.63, 3.8) is 0 Å². The largest absolute Gasteiger partial charge is 0.304 e. The van der Waals surface area contributed by atoms with E-state index in [0.29, 0.717) is 11.5 Å². The summed E-state index contributed by atoms with van der Waals surface area (Å²) in [5, 5.41) is 23.2. The molecular weight excluding hydrogens is 296 g/mol. The van der Waals surface area contributed by atoms with Gasteiger partial charge in [0.2, 0.25) is 5.71 Å². The maximum atomic E-state index is 12.0. The number of anilines is 2. The smallest absolute Gasteiger partial charge is 0.275 e. The molecule has 0 aliphatic heterocycles. The van der Waals surface area contributed by atoms with Gasteiger partial charge in [-0.1, -0.05) is 0 Å². The van der Waals surface area contributed by atoms with Crippen LogP contribution in [0.5, 0.6) is 0 Å². The number of aryl methyl sites for hydroxylation is 1. The van der Waals surface area contributed by atoms with E-state index in [0.717, 1.165) is 5.69 Å². The van der Waals surface area contributed by atoms with Crippen LogP contribution in [0.4, 0.5) is 11.5 Å². The van der Waals surface area contributed by atoms with Crippen molar-refractivity contribution in [1.29, 1.82) is 10.5 Å². The Morgan fingerprint density at radius 3 is 2.48 bits per heavy atom. The number of hydrazone groups is 1. The van der Waals surface area contributed by atoms with Gasteiger partial charge in [-0.05, 0) is 19.1 Å². The molecule has 9 heteroatoms. The maximum absolute atomic E-state index is 12.0. The quantitative estimate of drug-likeness (QED) is 0.639. The Bertz CT molecular complexity index is 796. The number of hydrogen-bond acceptors (Lipinski definition) is 8. The van der Waals surface area contributed by atoms with Crippen molar-refractivity contribution in [2.45, 2.75) is 6.92 Å². The number of pyridine rings is 1. The van der Waals surface area contributed by atoms with Crippen LogP contribution in [-0.2, 0) is 0 Å². The minimum Gasteiger partial charge on any atom is -0.304 e. The molecule has 0 radical (unpaired) electrons. The van der Waals surface area contributed by atoms with E-state index >= 15 is 0 Å². The van der Waals surface area contributed by atoms with E-state index in [1.165, 1.54) is 24.7 Å². The van der Waals surface area contributed by atoms with Gasteiger partial charge in [0.1, 0.15) is 17.8 Å². The number of carbonyl (C=O) groups excluding carboxylic acids is 1. The average Bonchev–Trinajstić information content (AvgIpc) is 2.58. The highest BCUT2D eigenvalue weighted by molar-refractivity contribution is 6.10. The number of aromatic nitrogens is 3. The second-order valence-electron chi connectivity index (χ2n) is 4.23. The van der Waals surface area contributed by atoms with Crippen molar-refractivity contribution in [1.82, 2.24) is 15.0 Å². The first-order valence-corrected chi connectivity index (χ1v) is 6.32. The average molecular weight is 306 g/mol. The van der Waals surface area contributed by atoms with E-state index < -0.39 is 5.91 Å². The predicted octanol–water partition coefficient (Wildman–Crippen LogP) is 1.25. The number of nitrogens with one attached hydrogen (secondary N) is 2. The minimum atomic E-state index is -0.437. The molecule has 0 fully saturated rings. The summed E-state index contributed by atoms with van der Waals surface area (Å²) < 4.78 is 0. The lowest BCUT2D eigenvalue weighted by Gasteiger charge is -2.04. The summed E-state index contributed by atoms with van der Waals surface area (Å²) in [6.45, 7) is 1.79. The molecule has 2 rings (SSSR count). The normalized spacial score (nSPS) is 9.17. The summed E-state index contributed by atoms with van der Waals surface area (Å²) in [6, 6.07) is 6.23. The number of hydrogen-bond donors (Lipinski definition) is 2. The lowest BCUT2D eigenvalue weighted by molar-refractivity contribution is 0.102. The fourth-order valence-corrected chi connectivity index (χ4v) is 1.43. The van der Waals surface area contributed by atoms with E-state index in [-0.39, 0.29) is 11.4 Å². The van der Waals surface area contributed by atoms with Crippen molar-refractivity contribution in [2.75, 3.05) is 10.7 Å².